The molecule has 4 atom stereocenters. The molecular formula is C18H20N4O4S. The van der Waals surface area contributed by atoms with Crippen molar-refractivity contribution in [2.24, 2.45) is 11.8 Å². The van der Waals surface area contributed by atoms with Crippen molar-refractivity contribution in [2.75, 3.05) is 5.75 Å². The highest BCUT2D eigenvalue weighted by atomic mass is 32.2. The number of aliphatic carboxylic acids is 1. The summed E-state index contributed by atoms with van der Waals surface area (Å²) in [4.78, 5) is 34.7. The van der Waals surface area contributed by atoms with E-state index in [1.165, 1.54) is 16.7 Å². The third-order valence-electron chi connectivity index (χ3n) is 5.24. The van der Waals surface area contributed by atoms with E-state index in [2.05, 4.69) is 9.97 Å². The van der Waals surface area contributed by atoms with Gasteiger partial charge < -0.3 is 19.5 Å². The van der Waals surface area contributed by atoms with Crippen LogP contribution >= 0.6 is 11.8 Å². The molecule has 4 rings (SSSR count). The molecular weight excluding hydrogens is 368 g/mol. The number of amides is 1. The summed E-state index contributed by atoms with van der Waals surface area (Å²) in [5.74, 6) is -1.38. The van der Waals surface area contributed by atoms with Crippen LogP contribution in [0.1, 0.15) is 19.5 Å². The van der Waals surface area contributed by atoms with Crippen molar-refractivity contribution in [2.45, 2.75) is 32.4 Å². The number of fused-ring (bicyclic) bond motifs is 2. The van der Waals surface area contributed by atoms with E-state index in [0.717, 1.165) is 11.3 Å². The van der Waals surface area contributed by atoms with Crippen LogP contribution in [0, 0.1) is 11.8 Å². The van der Waals surface area contributed by atoms with E-state index >= 15 is 0 Å². The molecule has 0 bridgehead atoms. The third-order valence-corrected chi connectivity index (χ3v) is 6.53. The molecule has 4 heterocycles. The lowest BCUT2D eigenvalue weighted by Gasteiger charge is -2.46. The molecule has 27 heavy (non-hydrogen) atoms. The first-order valence-electron chi connectivity index (χ1n) is 8.79. The van der Waals surface area contributed by atoms with Gasteiger partial charge >= 0.3 is 5.97 Å². The normalized spacial score (nSPS) is 25.7. The van der Waals surface area contributed by atoms with Crippen LogP contribution in [0.15, 0.2) is 35.4 Å². The van der Waals surface area contributed by atoms with Gasteiger partial charge in [-0.05, 0) is 6.92 Å². The van der Waals surface area contributed by atoms with Crippen molar-refractivity contribution in [1.82, 2.24) is 19.3 Å². The maximum atomic E-state index is 12.3. The molecule has 0 spiro atoms. The lowest BCUT2D eigenvalue weighted by Crippen LogP contribution is -2.63. The number of rotatable bonds is 6. The van der Waals surface area contributed by atoms with Crippen LogP contribution in [0.2, 0.25) is 0 Å². The fourth-order valence-corrected chi connectivity index (χ4v) is 5.25. The molecule has 2 N–H and O–H groups in total. The monoisotopic (exact) mass is 388 g/mol. The first-order valence-corrected chi connectivity index (χ1v) is 9.77. The van der Waals surface area contributed by atoms with Gasteiger partial charge in [0.15, 0.2) is 5.65 Å². The van der Waals surface area contributed by atoms with Crippen LogP contribution in [-0.4, -0.2) is 59.3 Å². The summed E-state index contributed by atoms with van der Waals surface area (Å²) in [6.45, 7) is 3.50. The van der Waals surface area contributed by atoms with Gasteiger partial charge in [-0.25, -0.2) is 9.78 Å². The third kappa shape index (κ3) is 2.81. The quantitative estimate of drug-likeness (QED) is 0.715. The smallest absolute Gasteiger partial charge is 0.353 e. The van der Waals surface area contributed by atoms with Crippen molar-refractivity contribution in [1.29, 1.82) is 0 Å². The number of carboxylic acid groups (broad SMARTS) is 1. The molecule has 0 aromatic carbocycles. The number of aryl methyl sites for hydroxylation is 1. The molecule has 1 fully saturated rings. The number of hydrogen-bond donors (Lipinski definition) is 2. The van der Waals surface area contributed by atoms with E-state index in [4.69, 9.17) is 0 Å². The van der Waals surface area contributed by atoms with Crippen LogP contribution in [0.25, 0.3) is 5.65 Å². The molecule has 142 valence electrons. The molecule has 2 aromatic rings. The average molecular weight is 388 g/mol. The standard InChI is InChI=1S/C18H20N4O4S/c1-9-14-13(10(2)23)17(24)22(14)15(18(25)26)16(9)27-6-3-11-8-21-5-4-19-7-12(21)20-11/h4-5,7-10,13-14,23H,3,6H2,1-2H3,(H,25,26)/t9-,10-,13-,14-/m1/s1. The van der Waals surface area contributed by atoms with Crippen molar-refractivity contribution in [3.8, 4) is 0 Å². The molecule has 2 aliphatic rings. The maximum Gasteiger partial charge on any atom is 0.353 e. The highest BCUT2D eigenvalue weighted by Gasteiger charge is 2.59. The number of thioether (sulfide) groups is 1. The van der Waals surface area contributed by atoms with Crippen LogP contribution < -0.4 is 0 Å². The Labute approximate surface area is 159 Å². The van der Waals surface area contributed by atoms with E-state index in [1.807, 2.05) is 23.7 Å². The zero-order chi connectivity index (χ0) is 19.3. The van der Waals surface area contributed by atoms with E-state index < -0.39 is 18.0 Å². The van der Waals surface area contributed by atoms with Crippen LogP contribution in [0.3, 0.4) is 0 Å². The molecule has 9 heteroatoms. The van der Waals surface area contributed by atoms with Gasteiger partial charge in [-0.3, -0.25) is 9.78 Å². The first kappa shape index (κ1) is 18.0. The lowest BCUT2D eigenvalue weighted by atomic mass is 9.79. The van der Waals surface area contributed by atoms with E-state index in [-0.39, 0.29) is 23.6 Å². The van der Waals surface area contributed by atoms with Gasteiger partial charge in [-0.1, -0.05) is 6.92 Å². The number of carbonyl (C=O) groups excluding carboxylic acids is 1. The largest absolute Gasteiger partial charge is 0.477 e. The molecule has 0 radical (unpaired) electrons. The number of aromatic nitrogens is 3. The average Bonchev–Trinajstić information content (AvgIpc) is 3.12. The Morgan fingerprint density at radius 1 is 1.44 bits per heavy atom. The second-order valence-corrected chi connectivity index (χ2v) is 8.08. The predicted octanol–water partition coefficient (Wildman–Crippen LogP) is 1.16. The molecule has 1 saturated heterocycles. The summed E-state index contributed by atoms with van der Waals surface area (Å²) in [5, 5.41) is 19.5. The Bertz CT molecular complexity index is 921. The molecule has 0 aliphatic carbocycles. The number of hydrogen-bond acceptors (Lipinski definition) is 6. The number of carbonyl (C=O) groups is 2. The summed E-state index contributed by atoms with van der Waals surface area (Å²) < 4.78 is 1.89. The zero-order valence-corrected chi connectivity index (χ0v) is 15.8. The van der Waals surface area contributed by atoms with Gasteiger partial charge in [0, 0.05) is 41.6 Å². The topological polar surface area (TPSA) is 108 Å². The molecule has 0 saturated carbocycles. The second kappa shape index (κ2) is 6.65. The molecule has 0 unspecified atom stereocenters. The minimum Gasteiger partial charge on any atom is -0.477 e. The van der Waals surface area contributed by atoms with Gasteiger partial charge in [-0.15, -0.1) is 11.8 Å². The Hall–Kier alpha value is -2.39. The number of carboxylic acids is 1. The summed E-state index contributed by atoms with van der Waals surface area (Å²) in [5.41, 5.74) is 1.74. The fraction of sp³-hybridized carbons (Fsp3) is 0.444. The van der Waals surface area contributed by atoms with Crippen LogP contribution in [0.5, 0.6) is 0 Å². The highest BCUT2D eigenvalue weighted by molar-refractivity contribution is 8.03. The van der Waals surface area contributed by atoms with E-state index in [9.17, 15) is 19.8 Å². The van der Waals surface area contributed by atoms with Gasteiger partial charge in [0.1, 0.15) is 5.70 Å². The molecule has 1 amide bonds. The second-order valence-electron chi connectivity index (χ2n) is 6.94. The van der Waals surface area contributed by atoms with Gasteiger partial charge in [0.2, 0.25) is 5.91 Å². The van der Waals surface area contributed by atoms with Crippen LogP contribution in [0.4, 0.5) is 0 Å². The van der Waals surface area contributed by atoms with Gasteiger partial charge in [0.25, 0.3) is 0 Å². The lowest BCUT2D eigenvalue weighted by molar-refractivity contribution is -0.163. The Kier molecular flexibility index (Phi) is 4.43. The SMILES string of the molecule is C[C@@H](O)[C@H]1C(=O)N2C(C(=O)O)=C(SCCc3cn4ccncc4n3)[C@H](C)[C@H]12. The Morgan fingerprint density at radius 3 is 2.89 bits per heavy atom. The van der Waals surface area contributed by atoms with Gasteiger partial charge in [0.05, 0.1) is 30.0 Å². The highest BCUT2D eigenvalue weighted by Crippen LogP contribution is 2.50. The fourth-order valence-electron chi connectivity index (χ4n) is 4.00. The number of nitrogens with zero attached hydrogens (tertiary/aromatic N) is 4. The van der Waals surface area contributed by atoms with Crippen molar-refractivity contribution in [3.05, 3.63) is 41.1 Å². The van der Waals surface area contributed by atoms with Crippen molar-refractivity contribution < 1.29 is 19.8 Å². The minimum atomic E-state index is -1.09. The minimum absolute atomic E-state index is 0.0681. The predicted molar refractivity (Wildman–Crippen MR) is 98.8 cm³/mol. The molecule has 2 aliphatic heterocycles. The van der Waals surface area contributed by atoms with Gasteiger partial charge in [-0.2, -0.15) is 0 Å². The Morgan fingerprint density at radius 2 is 2.22 bits per heavy atom. The number of imidazole rings is 1. The summed E-state index contributed by atoms with van der Waals surface area (Å²) >= 11 is 1.45. The zero-order valence-electron chi connectivity index (χ0n) is 14.9. The first-order chi connectivity index (χ1) is 12.9. The number of aliphatic hydroxyl groups excluding tert-OH is 1. The van der Waals surface area contributed by atoms with E-state index in [0.29, 0.717) is 17.1 Å². The summed E-state index contributed by atoms with van der Waals surface area (Å²) in [7, 11) is 0. The van der Waals surface area contributed by atoms with E-state index in [1.54, 1.807) is 19.3 Å². The summed E-state index contributed by atoms with van der Waals surface area (Å²) in [6, 6.07) is -0.271. The number of aliphatic hydroxyl groups is 1. The molecule has 2 aromatic heterocycles. The van der Waals surface area contributed by atoms with Crippen LogP contribution in [-0.2, 0) is 16.0 Å². The maximum absolute atomic E-state index is 12.3. The molecule has 8 nitrogen and oxygen atoms in total. The van der Waals surface area contributed by atoms with Crippen molar-refractivity contribution >= 4 is 29.3 Å². The van der Waals surface area contributed by atoms with Crippen molar-refractivity contribution in [3.63, 3.8) is 0 Å². The summed E-state index contributed by atoms with van der Waals surface area (Å²) in [6.07, 6.45) is 7.03. The number of β-lactam (4-membered cyclic amide) rings is 1. The Balaban J connectivity index is 1.50.